The summed E-state index contributed by atoms with van der Waals surface area (Å²) < 4.78 is 11.7. The molecule has 0 aliphatic heterocycles. The molecule has 1 atom stereocenters. The van der Waals surface area contributed by atoms with E-state index in [4.69, 9.17) is 9.16 Å². The second-order valence-corrected chi connectivity index (χ2v) is 17.5. The molecule has 5 nitrogen and oxygen atoms in total. The fourth-order valence-corrected chi connectivity index (χ4v) is 4.68. The summed E-state index contributed by atoms with van der Waals surface area (Å²) >= 11 is 0. The van der Waals surface area contributed by atoms with Crippen LogP contribution in [0.4, 0.5) is 4.79 Å². The monoisotopic (exact) mass is 513 g/mol. The predicted octanol–water partition coefficient (Wildman–Crippen LogP) is 8.95. The molecule has 0 aromatic heterocycles. The number of unbranched alkanes of at least 4 members (excludes halogenated alkanes) is 12. The van der Waals surface area contributed by atoms with Crippen LogP contribution in [-0.2, 0) is 14.0 Å². The first-order valence-electron chi connectivity index (χ1n) is 14.4. The van der Waals surface area contributed by atoms with Crippen molar-refractivity contribution in [2.24, 2.45) is 0 Å². The minimum atomic E-state index is -2.03. The van der Waals surface area contributed by atoms with Crippen LogP contribution in [0.25, 0.3) is 0 Å². The highest BCUT2D eigenvalue weighted by atomic mass is 28.4. The Morgan fingerprint density at radius 3 is 1.57 bits per heavy atom. The van der Waals surface area contributed by atoms with E-state index in [0.717, 1.165) is 12.8 Å². The maximum Gasteiger partial charge on any atom is 0.408 e. The third-order valence-electron chi connectivity index (χ3n) is 7.02. The molecular formula is C29H59NO4Si. The Bertz CT molecular complexity index is 578. The van der Waals surface area contributed by atoms with Crippen molar-refractivity contribution < 1.29 is 18.8 Å². The summed E-state index contributed by atoms with van der Waals surface area (Å²) in [7, 11) is -2.03. The van der Waals surface area contributed by atoms with Gasteiger partial charge in [-0.05, 0) is 45.3 Å². The molecule has 1 N–H and O–H groups in total. The summed E-state index contributed by atoms with van der Waals surface area (Å²) in [6, 6.07) is -0.656. The number of hydrogen-bond acceptors (Lipinski definition) is 4. The number of carbonyl (C=O) groups excluding carboxylic acids is 2. The first-order valence-corrected chi connectivity index (χ1v) is 17.3. The number of nitrogens with one attached hydrogen (secondary N) is 1. The summed E-state index contributed by atoms with van der Waals surface area (Å²) in [5.74, 6) is 0.0395. The van der Waals surface area contributed by atoms with E-state index < -0.39 is 26.1 Å². The first kappa shape index (κ1) is 34.1. The zero-order valence-electron chi connectivity index (χ0n) is 24.8. The van der Waals surface area contributed by atoms with Gasteiger partial charge in [0.1, 0.15) is 11.6 Å². The van der Waals surface area contributed by atoms with Crippen molar-refractivity contribution in [1.82, 2.24) is 5.32 Å². The van der Waals surface area contributed by atoms with Crippen molar-refractivity contribution in [3.63, 3.8) is 0 Å². The highest BCUT2D eigenvalue weighted by Gasteiger charge is 2.38. The molecule has 0 rings (SSSR count). The lowest BCUT2D eigenvalue weighted by atomic mass is 10.0. The van der Waals surface area contributed by atoms with E-state index in [9.17, 15) is 9.59 Å². The van der Waals surface area contributed by atoms with Gasteiger partial charge in [0.15, 0.2) is 14.1 Å². The van der Waals surface area contributed by atoms with Crippen LogP contribution in [0.2, 0.25) is 18.1 Å². The van der Waals surface area contributed by atoms with Crippen molar-refractivity contribution >= 4 is 20.2 Å². The normalized spacial score (nSPS) is 13.5. The number of ketones is 1. The number of rotatable bonds is 19. The summed E-state index contributed by atoms with van der Waals surface area (Å²) in [6.07, 6.45) is 16.5. The van der Waals surface area contributed by atoms with Crippen LogP contribution in [-0.4, -0.2) is 38.4 Å². The number of amides is 1. The quantitative estimate of drug-likeness (QED) is 0.138. The van der Waals surface area contributed by atoms with Crippen LogP contribution in [0.1, 0.15) is 138 Å². The molecule has 0 unspecified atom stereocenters. The number of alkyl carbamates (subject to hydrolysis) is 1. The van der Waals surface area contributed by atoms with Crippen molar-refractivity contribution in [2.45, 2.75) is 168 Å². The third-order valence-corrected chi connectivity index (χ3v) is 11.5. The van der Waals surface area contributed by atoms with Gasteiger partial charge in [-0.1, -0.05) is 105 Å². The largest absolute Gasteiger partial charge is 0.444 e. The van der Waals surface area contributed by atoms with Gasteiger partial charge in [-0.3, -0.25) is 4.79 Å². The van der Waals surface area contributed by atoms with E-state index in [-0.39, 0.29) is 17.4 Å². The number of hydrogen-bond donors (Lipinski definition) is 1. The average molecular weight is 514 g/mol. The number of carbonyl (C=O) groups is 2. The predicted molar refractivity (Wildman–Crippen MR) is 152 cm³/mol. The molecule has 0 heterocycles. The number of ether oxygens (including phenoxy) is 1. The van der Waals surface area contributed by atoms with E-state index in [1.54, 1.807) is 0 Å². The van der Waals surface area contributed by atoms with Gasteiger partial charge in [0.2, 0.25) is 0 Å². The van der Waals surface area contributed by atoms with Crippen molar-refractivity contribution in [1.29, 1.82) is 0 Å². The van der Waals surface area contributed by atoms with Crippen LogP contribution in [0, 0.1) is 0 Å². The Kier molecular flexibility index (Phi) is 17.1. The topological polar surface area (TPSA) is 64.6 Å². The SMILES string of the molecule is CCCCCCCCCCCCCCCC(=O)[C@H](CO[Si](C)(C)C(C)(C)C)NC(=O)OC(C)(C)C. The third kappa shape index (κ3) is 18.1. The maximum absolute atomic E-state index is 13.0. The van der Waals surface area contributed by atoms with Gasteiger partial charge >= 0.3 is 6.09 Å². The first-order chi connectivity index (χ1) is 16.2. The molecule has 0 saturated heterocycles. The van der Waals surface area contributed by atoms with Crippen molar-refractivity contribution in [3.05, 3.63) is 0 Å². The maximum atomic E-state index is 13.0. The van der Waals surface area contributed by atoms with E-state index in [0.29, 0.717) is 6.42 Å². The molecule has 0 spiro atoms. The fraction of sp³-hybridized carbons (Fsp3) is 0.931. The smallest absolute Gasteiger partial charge is 0.408 e. The molecule has 35 heavy (non-hydrogen) atoms. The van der Waals surface area contributed by atoms with E-state index in [1.165, 1.54) is 70.6 Å². The molecule has 1 amide bonds. The van der Waals surface area contributed by atoms with E-state index in [2.05, 4.69) is 46.1 Å². The zero-order valence-corrected chi connectivity index (χ0v) is 25.8. The van der Waals surface area contributed by atoms with E-state index in [1.807, 2.05) is 20.8 Å². The summed E-state index contributed by atoms with van der Waals surface area (Å²) in [6.45, 7) is 18.8. The van der Waals surface area contributed by atoms with Crippen LogP contribution in [0.3, 0.4) is 0 Å². The van der Waals surface area contributed by atoms with Gasteiger partial charge in [0.25, 0.3) is 0 Å². The standard InChI is InChI=1S/C29H59NO4Si/c1-10-11-12-13-14-15-16-17-18-19-20-21-22-23-26(31)25(30-27(32)34-28(2,3)4)24-33-35(8,9)29(5,6)7/h25H,10-24H2,1-9H3,(H,30,32)/t25-/m0/s1. The molecule has 0 radical (unpaired) electrons. The minimum absolute atomic E-state index is 0.0395. The Labute approximate surface area is 219 Å². The van der Waals surface area contributed by atoms with Crippen LogP contribution < -0.4 is 5.32 Å². The molecule has 0 saturated carbocycles. The molecule has 0 aliphatic carbocycles. The Morgan fingerprint density at radius 1 is 0.743 bits per heavy atom. The zero-order chi connectivity index (χ0) is 27.0. The second kappa shape index (κ2) is 17.6. The fourth-order valence-electron chi connectivity index (χ4n) is 3.66. The molecule has 6 heteroatoms. The van der Waals surface area contributed by atoms with Gasteiger partial charge in [0.05, 0.1) is 6.61 Å². The minimum Gasteiger partial charge on any atom is -0.444 e. The second-order valence-electron chi connectivity index (χ2n) is 12.7. The molecule has 0 aliphatic rings. The molecular weight excluding hydrogens is 454 g/mol. The lowest BCUT2D eigenvalue weighted by Gasteiger charge is -2.37. The highest BCUT2D eigenvalue weighted by molar-refractivity contribution is 6.74. The van der Waals surface area contributed by atoms with Crippen molar-refractivity contribution in [2.75, 3.05) is 6.61 Å². The highest BCUT2D eigenvalue weighted by Crippen LogP contribution is 2.36. The Morgan fingerprint density at radius 2 is 1.17 bits per heavy atom. The van der Waals surface area contributed by atoms with Gasteiger partial charge in [-0.2, -0.15) is 0 Å². The van der Waals surface area contributed by atoms with Crippen molar-refractivity contribution in [3.8, 4) is 0 Å². The average Bonchev–Trinajstić information content (AvgIpc) is 2.72. The summed E-state index contributed by atoms with van der Waals surface area (Å²) in [4.78, 5) is 25.3. The van der Waals surface area contributed by atoms with Crippen LogP contribution in [0.5, 0.6) is 0 Å². The lowest BCUT2D eigenvalue weighted by Crippen LogP contribution is -2.50. The van der Waals surface area contributed by atoms with Crippen LogP contribution >= 0.6 is 0 Å². The molecule has 0 aromatic rings. The Hall–Kier alpha value is -0.883. The Balaban J connectivity index is 4.36. The number of Topliss-reactive ketones (excluding diaryl/α,β-unsaturated/α-hetero) is 1. The molecule has 0 fully saturated rings. The lowest BCUT2D eigenvalue weighted by molar-refractivity contribution is -0.122. The van der Waals surface area contributed by atoms with Gasteiger partial charge < -0.3 is 14.5 Å². The van der Waals surface area contributed by atoms with Gasteiger partial charge in [0, 0.05) is 6.42 Å². The van der Waals surface area contributed by atoms with Crippen LogP contribution in [0.15, 0.2) is 0 Å². The summed E-state index contributed by atoms with van der Waals surface area (Å²) in [5.41, 5.74) is -0.604. The van der Waals surface area contributed by atoms with E-state index >= 15 is 0 Å². The molecule has 0 aromatic carbocycles. The summed E-state index contributed by atoms with van der Waals surface area (Å²) in [5, 5.41) is 2.82. The van der Waals surface area contributed by atoms with Gasteiger partial charge in [-0.15, -0.1) is 0 Å². The molecule has 0 bridgehead atoms. The van der Waals surface area contributed by atoms with Gasteiger partial charge in [-0.25, -0.2) is 4.79 Å². The molecule has 208 valence electrons.